The lowest BCUT2D eigenvalue weighted by Crippen LogP contribution is -2.06. The van der Waals surface area contributed by atoms with Crippen molar-refractivity contribution in [1.29, 1.82) is 0 Å². The standard InChI is InChI=1S/C15H18ClNS/c1-4-12-7-14(6-5-10(12)2)17-11(3)13-8-15(16)18-9-13/h5-9,11,17H,4H2,1-3H3. The Hall–Kier alpha value is -0.990. The van der Waals surface area contributed by atoms with Crippen molar-refractivity contribution in [2.45, 2.75) is 33.2 Å². The van der Waals surface area contributed by atoms with Crippen LogP contribution in [-0.2, 0) is 6.42 Å². The van der Waals surface area contributed by atoms with Crippen LogP contribution in [0.1, 0.15) is 36.6 Å². The number of hydrogen-bond acceptors (Lipinski definition) is 2. The number of nitrogens with one attached hydrogen (secondary N) is 1. The minimum atomic E-state index is 0.279. The highest BCUT2D eigenvalue weighted by molar-refractivity contribution is 7.14. The first-order chi connectivity index (χ1) is 8.60. The summed E-state index contributed by atoms with van der Waals surface area (Å²) in [6.07, 6.45) is 1.07. The summed E-state index contributed by atoms with van der Waals surface area (Å²) in [6, 6.07) is 8.85. The Bertz CT molecular complexity index is 533. The number of benzene rings is 1. The predicted molar refractivity (Wildman–Crippen MR) is 81.9 cm³/mol. The fourth-order valence-electron chi connectivity index (χ4n) is 2.03. The van der Waals surface area contributed by atoms with Gasteiger partial charge in [-0.25, -0.2) is 0 Å². The molecule has 0 aliphatic rings. The highest BCUT2D eigenvalue weighted by atomic mass is 35.5. The SMILES string of the molecule is CCc1cc(NC(C)c2csc(Cl)c2)ccc1C. The first kappa shape index (κ1) is 13.4. The van der Waals surface area contributed by atoms with Crippen LogP contribution in [-0.4, -0.2) is 0 Å². The third-order valence-electron chi connectivity index (χ3n) is 3.20. The smallest absolute Gasteiger partial charge is 0.0931 e. The molecule has 0 saturated carbocycles. The monoisotopic (exact) mass is 279 g/mol. The Kier molecular flexibility index (Phi) is 4.31. The maximum Gasteiger partial charge on any atom is 0.0931 e. The number of halogens is 1. The third-order valence-corrected chi connectivity index (χ3v) is 4.31. The first-order valence-corrected chi connectivity index (χ1v) is 7.46. The molecule has 0 bridgehead atoms. The molecule has 1 atom stereocenters. The molecular formula is C15H18ClNS. The van der Waals surface area contributed by atoms with Crippen LogP contribution in [0.25, 0.3) is 0 Å². The van der Waals surface area contributed by atoms with Gasteiger partial charge in [-0.05, 0) is 60.5 Å². The van der Waals surface area contributed by atoms with Crippen LogP contribution in [0, 0.1) is 6.92 Å². The number of hydrogen-bond donors (Lipinski definition) is 1. The Morgan fingerprint density at radius 1 is 1.33 bits per heavy atom. The summed E-state index contributed by atoms with van der Waals surface area (Å²) in [5, 5.41) is 5.63. The van der Waals surface area contributed by atoms with E-state index in [9.17, 15) is 0 Å². The van der Waals surface area contributed by atoms with Crippen LogP contribution < -0.4 is 5.32 Å². The number of thiophene rings is 1. The summed E-state index contributed by atoms with van der Waals surface area (Å²) in [5.41, 5.74) is 5.17. The van der Waals surface area contributed by atoms with Gasteiger partial charge in [0.1, 0.15) is 0 Å². The van der Waals surface area contributed by atoms with Gasteiger partial charge < -0.3 is 5.32 Å². The Morgan fingerprint density at radius 3 is 2.72 bits per heavy atom. The number of anilines is 1. The van der Waals surface area contributed by atoms with Crippen molar-refractivity contribution >= 4 is 28.6 Å². The van der Waals surface area contributed by atoms with Gasteiger partial charge >= 0.3 is 0 Å². The van der Waals surface area contributed by atoms with E-state index in [0.29, 0.717) is 0 Å². The molecule has 0 radical (unpaired) electrons. The Labute approximate surface area is 118 Å². The summed E-state index contributed by atoms with van der Waals surface area (Å²) in [4.78, 5) is 0. The third kappa shape index (κ3) is 3.06. The molecule has 3 heteroatoms. The molecular weight excluding hydrogens is 262 g/mol. The molecule has 96 valence electrons. The van der Waals surface area contributed by atoms with E-state index in [1.165, 1.54) is 22.4 Å². The highest BCUT2D eigenvalue weighted by Crippen LogP contribution is 2.27. The molecule has 0 fully saturated rings. The molecule has 2 aromatic rings. The molecule has 2 rings (SSSR count). The molecule has 1 N–H and O–H groups in total. The lowest BCUT2D eigenvalue weighted by molar-refractivity contribution is 0.889. The number of aryl methyl sites for hydroxylation is 2. The van der Waals surface area contributed by atoms with E-state index in [0.717, 1.165) is 10.8 Å². The van der Waals surface area contributed by atoms with Crippen molar-refractivity contribution in [3.63, 3.8) is 0 Å². The summed E-state index contributed by atoms with van der Waals surface area (Å²) in [7, 11) is 0. The zero-order chi connectivity index (χ0) is 13.1. The molecule has 1 nitrogen and oxygen atoms in total. The second-order valence-electron chi connectivity index (χ2n) is 4.54. The van der Waals surface area contributed by atoms with Gasteiger partial charge in [0.25, 0.3) is 0 Å². The quantitative estimate of drug-likeness (QED) is 0.785. The highest BCUT2D eigenvalue weighted by Gasteiger charge is 2.08. The fourth-order valence-corrected chi connectivity index (χ4v) is 3.01. The maximum absolute atomic E-state index is 5.97. The van der Waals surface area contributed by atoms with E-state index in [1.54, 1.807) is 11.3 Å². The van der Waals surface area contributed by atoms with Gasteiger partial charge in [-0.1, -0.05) is 24.6 Å². The van der Waals surface area contributed by atoms with Crippen LogP contribution in [0.5, 0.6) is 0 Å². The van der Waals surface area contributed by atoms with Gasteiger partial charge in [-0.2, -0.15) is 0 Å². The van der Waals surface area contributed by atoms with Crippen LogP contribution in [0.3, 0.4) is 0 Å². The molecule has 0 amide bonds. The average molecular weight is 280 g/mol. The molecule has 18 heavy (non-hydrogen) atoms. The van der Waals surface area contributed by atoms with Gasteiger partial charge in [0.05, 0.1) is 4.34 Å². The van der Waals surface area contributed by atoms with E-state index in [1.807, 2.05) is 6.07 Å². The van der Waals surface area contributed by atoms with E-state index in [2.05, 4.69) is 49.7 Å². The van der Waals surface area contributed by atoms with Crippen molar-refractivity contribution in [2.24, 2.45) is 0 Å². The van der Waals surface area contributed by atoms with Crippen molar-refractivity contribution in [2.75, 3.05) is 5.32 Å². The Balaban J connectivity index is 2.14. The summed E-state index contributed by atoms with van der Waals surface area (Å²) in [6.45, 7) is 6.50. The molecule has 1 heterocycles. The summed E-state index contributed by atoms with van der Waals surface area (Å²) in [5.74, 6) is 0. The molecule has 1 unspecified atom stereocenters. The summed E-state index contributed by atoms with van der Waals surface area (Å²) < 4.78 is 0.844. The van der Waals surface area contributed by atoms with Gasteiger partial charge in [0, 0.05) is 11.7 Å². The lowest BCUT2D eigenvalue weighted by atomic mass is 10.0. The van der Waals surface area contributed by atoms with Gasteiger partial charge in [-0.3, -0.25) is 0 Å². The predicted octanol–water partition coefficient (Wildman–Crippen LogP) is 5.45. The minimum Gasteiger partial charge on any atom is -0.378 e. The van der Waals surface area contributed by atoms with Crippen LogP contribution in [0.2, 0.25) is 4.34 Å². The minimum absolute atomic E-state index is 0.279. The normalized spacial score (nSPS) is 12.4. The average Bonchev–Trinajstić information content (AvgIpc) is 2.78. The second kappa shape index (κ2) is 5.77. The maximum atomic E-state index is 5.97. The lowest BCUT2D eigenvalue weighted by Gasteiger charge is -2.15. The second-order valence-corrected chi connectivity index (χ2v) is 6.09. The largest absolute Gasteiger partial charge is 0.378 e. The van der Waals surface area contributed by atoms with E-state index in [4.69, 9.17) is 11.6 Å². The van der Waals surface area contributed by atoms with E-state index >= 15 is 0 Å². The van der Waals surface area contributed by atoms with Crippen LogP contribution >= 0.6 is 22.9 Å². The summed E-state index contributed by atoms with van der Waals surface area (Å²) >= 11 is 7.55. The van der Waals surface area contributed by atoms with Crippen molar-refractivity contribution in [3.8, 4) is 0 Å². The zero-order valence-corrected chi connectivity index (χ0v) is 12.5. The fraction of sp³-hybridized carbons (Fsp3) is 0.333. The van der Waals surface area contributed by atoms with Gasteiger partial charge in [0.15, 0.2) is 0 Å². The molecule has 0 aliphatic carbocycles. The van der Waals surface area contributed by atoms with Gasteiger partial charge in [0.2, 0.25) is 0 Å². The Morgan fingerprint density at radius 2 is 2.11 bits per heavy atom. The van der Waals surface area contributed by atoms with Crippen molar-refractivity contribution < 1.29 is 0 Å². The van der Waals surface area contributed by atoms with E-state index < -0.39 is 0 Å². The molecule has 0 saturated heterocycles. The molecule has 0 spiro atoms. The van der Waals surface area contributed by atoms with Crippen molar-refractivity contribution in [1.82, 2.24) is 0 Å². The van der Waals surface area contributed by atoms with Gasteiger partial charge in [-0.15, -0.1) is 11.3 Å². The molecule has 1 aromatic carbocycles. The van der Waals surface area contributed by atoms with Crippen molar-refractivity contribution in [3.05, 3.63) is 50.7 Å². The van der Waals surface area contributed by atoms with Crippen LogP contribution in [0.15, 0.2) is 29.6 Å². The molecule has 1 aromatic heterocycles. The number of rotatable bonds is 4. The van der Waals surface area contributed by atoms with E-state index in [-0.39, 0.29) is 6.04 Å². The van der Waals surface area contributed by atoms with Crippen LogP contribution in [0.4, 0.5) is 5.69 Å². The topological polar surface area (TPSA) is 12.0 Å². The zero-order valence-electron chi connectivity index (χ0n) is 11.0. The first-order valence-electron chi connectivity index (χ1n) is 6.20. The molecule has 0 aliphatic heterocycles.